The number of rotatable bonds is 3. The Bertz CT molecular complexity index is 771. The summed E-state index contributed by atoms with van der Waals surface area (Å²) in [6.07, 6.45) is 0. The Morgan fingerprint density at radius 1 is 1.48 bits per heavy atom. The van der Waals surface area contributed by atoms with Gasteiger partial charge >= 0.3 is 5.69 Å². The second-order valence-electron chi connectivity index (χ2n) is 4.05. The number of nitrogens with two attached hydrogens (primary N) is 1. The minimum absolute atomic E-state index is 0.0593. The molecule has 0 amide bonds. The van der Waals surface area contributed by atoms with Gasteiger partial charge in [0.2, 0.25) is 11.8 Å². The Morgan fingerprint density at radius 3 is 2.76 bits per heavy atom. The summed E-state index contributed by atoms with van der Waals surface area (Å²) in [5.74, 6) is -1.12. The van der Waals surface area contributed by atoms with Crippen LogP contribution in [-0.4, -0.2) is 14.9 Å². The number of nitro groups is 1. The molecule has 0 aliphatic rings. The number of anilines is 3. The zero-order valence-electron chi connectivity index (χ0n) is 10.8. The third-order valence-electron chi connectivity index (χ3n) is 2.61. The lowest BCUT2D eigenvalue weighted by molar-refractivity contribution is -0.385. The van der Waals surface area contributed by atoms with Crippen LogP contribution in [0.5, 0.6) is 0 Å². The SMILES string of the molecule is Cc1nc(N)nc(Nc2ccc(C#N)cc2F)c1[N+](=O)[O-]. The third kappa shape index (κ3) is 2.84. The number of nitrogens with zero attached hydrogens (tertiary/aromatic N) is 4. The molecule has 0 saturated heterocycles. The molecular weight excluding hydrogens is 279 g/mol. The molecule has 0 radical (unpaired) electrons. The molecule has 9 heteroatoms. The minimum atomic E-state index is -0.738. The molecule has 0 fully saturated rings. The van der Waals surface area contributed by atoms with Crippen molar-refractivity contribution in [2.45, 2.75) is 6.92 Å². The normalized spacial score (nSPS) is 9.95. The van der Waals surface area contributed by atoms with Gasteiger partial charge in [-0.3, -0.25) is 10.1 Å². The highest BCUT2D eigenvalue weighted by Gasteiger charge is 2.22. The van der Waals surface area contributed by atoms with E-state index < -0.39 is 16.4 Å². The summed E-state index contributed by atoms with van der Waals surface area (Å²) in [5.41, 5.74) is 5.18. The van der Waals surface area contributed by atoms with Crippen LogP contribution in [0.15, 0.2) is 18.2 Å². The van der Waals surface area contributed by atoms with Crippen LogP contribution in [0.3, 0.4) is 0 Å². The van der Waals surface area contributed by atoms with E-state index in [2.05, 4.69) is 15.3 Å². The zero-order chi connectivity index (χ0) is 15.6. The largest absolute Gasteiger partial charge is 0.368 e. The summed E-state index contributed by atoms with van der Waals surface area (Å²) < 4.78 is 13.8. The number of halogens is 1. The number of aryl methyl sites for hydroxylation is 1. The predicted octanol–water partition coefficient (Wildman–Crippen LogP) is 2.03. The first-order valence-electron chi connectivity index (χ1n) is 5.67. The molecule has 0 spiro atoms. The molecule has 1 heterocycles. The minimum Gasteiger partial charge on any atom is -0.368 e. The molecule has 0 atom stereocenters. The van der Waals surface area contributed by atoms with Gasteiger partial charge in [-0.25, -0.2) is 9.37 Å². The third-order valence-corrected chi connectivity index (χ3v) is 2.61. The van der Waals surface area contributed by atoms with Gasteiger partial charge in [0.05, 0.1) is 22.2 Å². The quantitative estimate of drug-likeness (QED) is 0.652. The maximum Gasteiger partial charge on any atom is 0.332 e. The van der Waals surface area contributed by atoms with Gasteiger partial charge < -0.3 is 11.1 Å². The van der Waals surface area contributed by atoms with Gasteiger partial charge in [0, 0.05) is 0 Å². The summed E-state index contributed by atoms with van der Waals surface area (Å²) in [5, 5.41) is 22.2. The summed E-state index contributed by atoms with van der Waals surface area (Å²) >= 11 is 0. The van der Waals surface area contributed by atoms with Crippen molar-refractivity contribution in [3.8, 4) is 6.07 Å². The first-order chi connectivity index (χ1) is 9.92. The maximum atomic E-state index is 13.8. The second-order valence-corrected chi connectivity index (χ2v) is 4.05. The molecular formula is C12H9FN6O2. The van der Waals surface area contributed by atoms with Crippen LogP contribution >= 0.6 is 0 Å². The Morgan fingerprint density at radius 2 is 2.19 bits per heavy atom. The Labute approximate surface area is 118 Å². The van der Waals surface area contributed by atoms with E-state index in [0.717, 1.165) is 6.07 Å². The molecule has 2 aromatic rings. The molecule has 0 aliphatic heterocycles. The summed E-state index contributed by atoms with van der Waals surface area (Å²) in [7, 11) is 0. The van der Waals surface area contributed by atoms with Crippen molar-refractivity contribution in [1.82, 2.24) is 9.97 Å². The number of nitriles is 1. The highest BCUT2D eigenvalue weighted by atomic mass is 19.1. The van der Waals surface area contributed by atoms with Crippen LogP contribution in [-0.2, 0) is 0 Å². The lowest BCUT2D eigenvalue weighted by Crippen LogP contribution is -2.07. The van der Waals surface area contributed by atoms with Gasteiger partial charge in [0.25, 0.3) is 0 Å². The first kappa shape index (κ1) is 14.1. The van der Waals surface area contributed by atoms with Crippen LogP contribution in [0.2, 0.25) is 0 Å². The lowest BCUT2D eigenvalue weighted by atomic mass is 10.2. The number of hydrogen-bond donors (Lipinski definition) is 2. The van der Waals surface area contributed by atoms with Crippen LogP contribution in [0.4, 0.5) is 27.5 Å². The highest BCUT2D eigenvalue weighted by molar-refractivity contribution is 5.68. The molecule has 0 saturated carbocycles. The van der Waals surface area contributed by atoms with E-state index in [4.69, 9.17) is 11.0 Å². The van der Waals surface area contributed by atoms with Crippen molar-refractivity contribution >= 4 is 23.1 Å². The molecule has 1 aromatic heterocycles. The molecule has 0 unspecified atom stereocenters. The smallest absolute Gasteiger partial charge is 0.332 e. The topological polar surface area (TPSA) is 131 Å². The molecule has 3 N–H and O–H groups in total. The van der Waals surface area contributed by atoms with E-state index in [1.165, 1.54) is 19.1 Å². The Kier molecular flexibility index (Phi) is 3.62. The van der Waals surface area contributed by atoms with Gasteiger partial charge in [0.15, 0.2) is 0 Å². The highest BCUT2D eigenvalue weighted by Crippen LogP contribution is 2.29. The van der Waals surface area contributed by atoms with Crippen molar-refractivity contribution in [1.29, 1.82) is 5.26 Å². The fourth-order valence-corrected chi connectivity index (χ4v) is 1.71. The molecule has 0 aliphatic carbocycles. The van der Waals surface area contributed by atoms with E-state index in [9.17, 15) is 14.5 Å². The lowest BCUT2D eigenvalue weighted by Gasteiger charge is -2.09. The summed E-state index contributed by atoms with van der Waals surface area (Å²) in [6.45, 7) is 1.40. The van der Waals surface area contributed by atoms with Crippen LogP contribution in [0.25, 0.3) is 0 Å². The Balaban J connectivity index is 2.49. The number of hydrogen-bond acceptors (Lipinski definition) is 7. The molecule has 8 nitrogen and oxygen atoms in total. The standard InChI is InChI=1S/C12H9FN6O2/c1-6-10(19(20)21)11(18-12(15)16-6)17-9-3-2-7(5-14)4-8(9)13/h2-4H,1H3,(H3,15,16,17,18). The molecule has 2 rings (SSSR count). The fraction of sp³-hybridized carbons (Fsp3) is 0.0833. The molecule has 1 aromatic carbocycles. The van der Waals surface area contributed by atoms with Crippen molar-refractivity contribution < 1.29 is 9.31 Å². The van der Waals surface area contributed by atoms with E-state index in [0.29, 0.717) is 0 Å². The van der Waals surface area contributed by atoms with E-state index in [1.54, 1.807) is 6.07 Å². The number of aromatic nitrogens is 2. The van der Waals surface area contributed by atoms with Gasteiger partial charge in [-0.1, -0.05) is 0 Å². The van der Waals surface area contributed by atoms with Gasteiger partial charge in [-0.2, -0.15) is 10.2 Å². The summed E-state index contributed by atoms with van der Waals surface area (Å²) in [6, 6.07) is 5.44. The van der Waals surface area contributed by atoms with E-state index >= 15 is 0 Å². The van der Waals surface area contributed by atoms with Gasteiger partial charge in [0.1, 0.15) is 11.5 Å². The van der Waals surface area contributed by atoms with Crippen LogP contribution in [0, 0.1) is 34.2 Å². The van der Waals surface area contributed by atoms with Crippen LogP contribution < -0.4 is 11.1 Å². The monoisotopic (exact) mass is 288 g/mol. The molecule has 106 valence electrons. The Hall–Kier alpha value is -3.28. The van der Waals surface area contributed by atoms with Crippen molar-refractivity contribution in [2.24, 2.45) is 0 Å². The van der Waals surface area contributed by atoms with E-state index in [-0.39, 0.29) is 28.7 Å². The van der Waals surface area contributed by atoms with Crippen molar-refractivity contribution in [3.05, 3.63) is 45.4 Å². The molecule has 21 heavy (non-hydrogen) atoms. The van der Waals surface area contributed by atoms with Gasteiger partial charge in [-0.15, -0.1) is 0 Å². The zero-order valence-corrected chi connectivity index (χ0v) is 10.8. The van der Waals surface area contributed by atoms with Gasteiger partial charge in [-0.05, 0) is 25.1 Å². The van der Waals surface area contributed by atoms with Crippen molar-refractivity contribution in [2.75, 3.05) is 11.1 Å². The first-order valence-corrected chi connectivity index (χ1v) is 5.67. The number of benzene rings is 1. The predicted molar refractivity (Wildman–Crippen MR) is 72.2 cm³/mol. The molecule has 0 bridgehead atoms. The average molecular weight is 288 g/mol. The second kappa shape index (κ2) is 5.38. The van der Waals surface area contributed by atoms with Crippen LogP contribution in [0.1, 0.15) is 11.3 Å². The summed E-state index contributed by atoms with van der Waals surface area (Å²) in [4.78, 5) is 17.8. The van der Waals surface area contributed by atoms with E-state index in [1.807, 2.05) is 0 Å². The fourth-order valence-electron chi connectivity index (χ4n) is 1.71. The maximum absolute atomic E-state index is 13.8. The average Bonchev–Trinajstić information content (AvgIpc) is 2.39. The number of nitrogen functional groups attached to an aromatic ring is 1. The van der Waals surface area contributed by atoms with Crippen molar-refractivity contribution in [3.63, 3.8) is 0 Å². The number of nitrogens with one attached hydrogen (secondary N) is 1.